The Hall–Kier alpha value is -1.46. The molecule has 5 heteroatoms. The summed E-state index contributed by atoms with van der Waals surface area (Å²) < 4.78 is 5.34. The van der Waals surface area contributed by atoms with Crippen LogP contribution in [0.5, 0.6) is 0 Å². The second-order valence-electron chi connectivity index (χ2n) is 7.47. The summed E-state index contributed by atoms with van der Waals surface area (Å²) in [7, 11) is 0. The van der Waals surface area contributed by atoms with Crippen LogP contribution >= 0.6 is 0 Å². The fourth-order valence-corrected chi connectivity index (χ4v) is 4.21. The minimum atomic E-state index is 0.254. The van der Waals surface area contributed by atoms with Gasteiger partial charge in [-0.25, -0.2) is 0 Å². The zero-order chi connectivity index (χ0) is 17.5. The summed E-state index contributed by atoms with van der Waals surface area (Å²) in [6, 6.07) is 0. The Morgan fingerprint density at radius 1 is 1.24 bits per heavy atom. The number of hydrazone groups is 1. The molecule has 0 saturated carbocycles. The molecule has 0 bridgehead atoms. The van der Waals surface area contributed by atoms with E-state index >= 15 is 0 Å². The zero-order valence-electron chi connectivity index (χ0n) is 15.2. The molecule has 0 unspecified atom stereocenters. The lowest BCUT2D eigenvalue weighted by Gasteiger charge is -2.33. The molecule has 3 aliphatic rings. The van der Waals surface area contributed by atoms with Gasteiger partial charge in [0.1, 0.15) is 5.78 Å². The maximum atomic E-state index is 12.2. The number of rotatable bonds is 6. The second kappa shape index (κ2) is 9.30. The van der Waals surface area contributed by atoms with Gasteiger partial charge in [0.05, 0.1) is 5.71 Å². The van der Waals surface area contributed by atoms with E-state index < -0.39 is 0 Å². The molecule has 138 valence electrons. The van der Waals surface area contributed by atoms with E-state index in [9.17, 15) is 4.79 Å². The van der Waals surface area contributed by atoms with Crippen LogP contribution in [0.1, 0.15) is 44.9 Å². The van der Waals surface area contributed by atoms with E-state index in [2.05, 4.69) is 22.2 Å². The van der Waals surface area contributed by atoms with Crippen molar-refractivity contribution < 1.29 is 9.53 Å². The van der Waals surface area contributed by atoms with Crippen molar-refractivity contribution in [1.29, 1.82) is 0 Å². The Balaban J connectivity index is 1.35. The van der Waals surface area contributed by atoms with Crippen molar-refractivity contribution in [2.45, 2.75) is 44.9 Å². The molecule has 0 aromatic carbocycles. The number of nitrogens with two attached hydrogens (primary N) is 1. The van der Waals surface area contributed by atoms with Gasteiger partial charge in [0.25, 0.3) is 0 Å². The molecular formula is C20H31N3O2. The summed E-state index contributed by atoms with van der Waals surface area (Å²) in [4.78, 5) is 14.8. The van der Waals surface area contributed by atoms with Gasteiger partial charge in [-0.3, -0.25) is 4.79 Å². The van der Waals surface area contributed by atoms with Gasteiger partial charge >= 0.3 is 0 Å². The van der Waals surface area contributed by atoms with Gasteiger partial charge in [-0.15, -0.1) is 0 Å². The highest BCUT2D eigenvalue weighted by atomic mass is 16.5. The lowest BCUT2D eigenvalue weighted by molar-refractivity contribution is -0.125. The number of hydrogen-bond donors (Lipinski definition) is 1. The molecule has 0 spiro atoms. The number of piperidine rings is 1. The molecule has 2 heterocycles. The molecule has 2 saturated heterocycles. The van der Waals surface area contributed by atoms with E-state index in [1.54, 1.807) is 0 Å². The first-order chi connectivity index (χ1) is 12.3. The van der Waals surface area contributed by atoms with Gasteiger partial charge in [0.15, 0.2) is 0 Å². The van der Waals surface area contributed by atoms with Gasteiger partial charge < -0.3 is 15.5 Å². The minimum Gasteiger partial charge on any atom is -0.381 e. The Morgan fingerprint density at radius 2 is 2.00 bits per heavy atom. The first-order valence-electron chi connectivity index (χ1n) is 9.73. The molecule has 3 rings (SSSR count). The second-order valence-corrected chi connectivity index (χ2v) is 7.47. The number of allylic oxidation sites excluding steroid dienone is 4. The normalized spacial score (nSPS) is 25.3. The van der Waals surface area contributed by atoms with E-state index in [0.717, 1.165) is 70.7 Å². The van der Waals surface area contributed by atoms with Crippen molar-refractivity contribution in [2.24, 2.45) is 22.8 Å². The summed E-state index contributed by atoms with van der Waals surface area (Å²) in [5.41, 5.74) is 2.45. The van der Waals surface area contributed by atoms with Crippen molar-refractivity contribution in [1.82, 2.24) is 4.90 Å². The van der Waals surface area contributed by atoms with Gasteiger partial charge in [-0.05, 0) is 63.7 Å². The molecule has 5 nitrogen and oxygen atoms in total. The van der Waals surface area contributed by atoms with Crippen molar-refractivity contribution in [3.05, 3.63) is 23.8 Å². The molecule has 1 aliphatic carbocycles. The number of hydrogen-bond acceptors (Lipinski definition) is 5. The first kappa shape index (κ1) is 18.3. The number of likely N-dealkylation sites (tertiary alicyclic amines) is 1. The van der Waals surface area contributed by atoms with Gasteiger partial charge in [-0.2, -0.15) is 5.10 Å². The lowest BCUT2D eigenvalue weighted by atomic mass is 9.84. The van der Waals surface area contributed by atoms with E-state index in [0.29, 0.717) is 11.7 Å². The third-order valence-electron chi connectivity index (χ3n) is 5.84. The van der Waals surface area contributed by atoms with E-state index in [-0.39, 0.29) is 5.92 Å². The number of nitrogens with zero attached hydrogens (tertiary/aromatic N) is 2. The standard InChI is InChI=1S/C20H31N3O2/c21-22-19-4-1-3-18(15-19)16-6-11-23(12-7-16)10-2-5-20(24)17-8-13-25-14-9-17/h1,3-4,16-17H,2,5-15,21H2/b22-19+. The number of Topliss-reactive ketones (excluding diaryl/α,β-unsaturated/α-hetero) is 1. The predicted octanol–water partition coefficient (Wildman–Crippen LogP) is 2.68. The van der Waals surface area contributed by atoms with Crippen LogP contribution in [0.4, 0.5) is 0 Å². The number of ketones is 1. The van der Waals surface area contributed by atoms with Gasteiger partial charge in [-0.1, -0.05) is 17.7 Å². The highest BCUT2D eigenvalue weighted by Crippen LogP contribution is 2.29. The van der Waals surface area contributed by atoms with E-state index in [1.165, 1.54) is 18.4 Å². The van der Waals surface area contributed by atoms with Crippen molar-refractivity contribution in [3.8, 4) is 0 Å². The molecule has 0 aromatic rings. The zero-order valence-corrected chi connectivity index (χ0v) is 15.2. The Kier molecular flexibility index (Phi) is 6.82. The predicted molar refractivity (Wildman–Crippen MR) is 100 cm³/mol. The summed E-state index contributed by atoms with van der Waals surface area (Å²) >= 11 is 0. The maximum Gasteiger partial charge on any atom is 0.136 e. The summed E-state index contributed by atoms with van der Waals surface area (Å²) in [5, 5.41) is 3.84. The number of carbonyl (C=O) groups excluding carboxylic acids is 1. The lowest BCUT2D eigenvalue weighted by Crippen LogP contribution is -2.35. The largest absolute Gasteiger partial charge is 0.381 e. The molecule has 2 fully saturated rings. The van der Waals surface area contributed by atoms with Crippen LogP contribution in [0.25, 0.3) is 0 Å². The van der Waals surface area contributed by atoms with E-state index in [4.69, 9.17) is 10.6 Å². The maximum absolute atomic E-state index is 12.2. The highest BCUT2D eigenvalue weighted by molar-refractivity contribution is 5.97. The monoisotopic (exact) mass is 345 g/mol. The minimum absolute atomic E-state index is 0.254. The molecule has 0 atom stereocenters. The van der Waals surface area contributed by atoms with Crippen molar-refractivity contribution >= 4 is 11.5 Å². The third kappa shape index (κ3) is 5.25. The topological polar surface area (TPSA) is 67.9 Å². The van der Waals surface area contributed by atoms with Gasteiger partial charge in [0, 0.05) is 32.0 Å². The number of ether oxygens (including phenoxy) is 1. The first-order valence-corrected chi connectivity index (χ1v) is 9.73. The fraction of sp³-hybridized carbons (Fsp3) is 0.700. The number of carbonyl (C=O) groups is 1. The van der Waals surface area contributed by atoms with Crippen molar-refractivity contribution in [3.63, 3.8) is 0 Å². The Bertz CT molecular complexity index is 539. The molecular weight excluding hydrogens is 314 g/mol. The SMILES string of the molecule is N/N=C1\C=CC=C(C2CCN(CCCC(=O)C3CCOCC3)CC2)C1. The Morgan fingerprint density at radius 3 is 2.72 bits per heavy atom. The Labute approximate surface area is 151 Å². The van der Waals surface area contributed by atoms with Crippen LogP contribution in [0.15, 0.2) is 28.9 Å². The summed E-state index contributed by atoms with van der Waals surface area (Å²) in [6.07, 6.45) is 13.2. The third-order valence-corrected chi connectivity index (χ3v) is 5.84. The van der Waals surface area contributed by atoms with Crippen LogP contribution < -0.4 is 5.84 Å². The van der Waals surface area contributed by atoms with Crippen LogP contribution in [0, 0.1) is 11.8 Å². The van der Waals surface area contributed by atoms with Crippen LogP contribution in [-0.4, -0.2) is 49.2 Å². The molecule has 0 aromatic heterocycles. The average Bonchev–Trinajstić information content (AvgIpc) is 2.69. The average molecular weight is 345 g/mol. The fourth-order valence-electron chi connectivity index (χ4n) is 4.21. The van der Waals surface area contributed by atoms with Gasteiger partial charge in [0.2, 0.25) is 0 Å². The van der Waals surface area contributed by atoms with E-state index in [1.807, 2.05) is 6.08 Å². The van der Waals surface area contributed by atoms with Crippen LogP contribution in [0.2, 0.25) is 0 Å². The summed E-state index contributed by atoms with van der Waals surface area (Å²) in [5.74, 6) is 6.78. The smallest absolute Gasteiger partial charge is 0.136 e. The van der Waals surface area contributed by atoms with Crippen LogP contribution in [-0.2, 0) is 9.53 Å². The van der Waals surface area contributed by atoms with Crippen LogP contribution in [0.3, 0.4) is 0 Å². The molecule has 2 aliphatic heterocycles. The molecule has 0 amide bonds. The highest BCUT2D eigenvalue weighted by Gasteiger charge is 2.24. The molecule has 0 radical (unpaired) electrons. The molecule has 2 N–H and O–H groups in total. The quantitative estimate of drug-likeness (QED) is 0.594. The summed E-state index contributed by atoms with van der Waals surface area (Å²) in [6.45, 7) is 4.83. The van der Waals surface area contributed by atoms with Crippen molar-refractivity contribution in [2.75, 3.05) is 32.8 Å². The molecule has 25 heavy (non-hydrogen) atoms.